The summed E-state index contributed by atoms with van der Waals surface area (Å²) in [4.78, 5) is 17.3. The number of halogens is 1. The summed E-state index contributed by atoms with van der Waals surface area (Å²) in [6, 6.07) is 23.2. The quantitative estimate of drug-likeness (QED) is 0.397. The van der Waals surface area contributed by atoms with Crippen molar-refractivity contribution in [1.82, 2.24) is 9.80 Å². The number of piperidine rings is 1. The molecule has 0 spiro atoms. The minimum atomic E-state index is -0.198. The molecule has 2 fully saturated rings. The summed E-state index contributed by atoms with van der Waals surface area (Å²) in [5.74, 6) is 0.104. The fraction of sp³-hybridized carbons (Fsp3) is 0.344. The number of carbonyl (C=O) groups excluding carboxylic acids is 1. The average Bonchev–Trinajstić information content (AvgIpc) is 3.13. The van der Waals surface area contributed by atoms with Gasteiger partial charge in [-0.3, -0.25) is 9.69 Å². The maximum absolute atomic E-state index is 13.4. The zero-order valence-electron chi connectivity index (χ0n) is 21.7. The second-order valence-corrected chi connectivity index (χ2v) is 10.2. The lowest BCUT2D eigenvalue weighted by molar-refractivity contribution is 0.0773. The van der Waals surface area contributed by atoms with Crippen molar-refractivity contribution in [3.05, 3.63) is 106 Å². The van der Waals surface area contributed by atoms with E-state index in [4.69, 9.17) is 0 Å². The van der Waals surface area contributed by atoms with E-state index >= 15 is 0 Å². The first kappa shape index (κ1) is 25.2. The van der Waals surface area contributed by atoms with Crippen LogP contribution >= 0.6 is 0 Å². The standard InChI is InChI=1S/C32H35FN2O2/c1-3-34(4-2)32(37)24-12-10-23(11-13-24)31(25-6-5-7-30(36)20-25)26-18-28-16-17-29(19-26)35(28)21-22-8-14-27(33)15-9-22/h5-15,20,28-29,36H,3-4,16-19,21H2,1-2H3. The van der Waals surface area contributed by atoms with E-state index in [2.05, 4.69) is 23.1 Å². The van der Waals surface area contributed by atoms with Gasteiger partial charge in [0.2, 0.25) is 0 Å². The Morgan fingerprint density at radius 1 is 0.892 bits per heavy atom. The fourth-order valence-corrected chi connectivity index (χ4v) is 6.08. The van der Waals surface area contributed by atoms with Gasteiger partial charge < -0.3 is 10.0 Å². The molecule has 5 rings (SSSR count). The van der Waals surface area contributed by atoms with Crippen molar-refractivity contribution in [2.75, 3.05) is 13.1 Å². The fourth-order valence-electron chi connectivity index (χ4n) is 6.08. The number of aromatic hydroxyl groups is 1. The predicted molar refractivity (Wildman–Crippen MR) is 146 cm³/mol. The number of hydrogen-bond acceptors (Lipinski definition) is 3. The van der Waals surface area contributed by atoms with Crippen LogP contribution in [0.2, 0.25) is 0 Å². The van der Waals surface area contributed by atoms with Crippen LogP contribution in [0.4, 0.5) is 4.39 Å². The second kappa shape index (κ2) is 10.9. The summed E-state index contributed by atoms with van der Waals surface area (Å²) in [5.41, 5.74) is 6.48. The minimum Gasteiger partial charge on any atom is -0.508 e. The van der Waals surface area contributed by atoms with Gasteiger partial charge in [0, 0.05) is 37.3 Å². The van der Waals surface area contributed by atoms with Crippen LogP contribution in [0.3, 0.4) is 0 Å². The Hall–Kier alpha value is -3.44. The van der Waals surface area contributed by atoms with Crippen LogP contribution in [0.15, 0.2) is 78.4 Å². The first-order chi connectivity index (χ1) is 18.0. The van der Waals surface area contributed by atoms with Gasteiger partial charge in [0.1, 0.15) is 11.6 Å². The summed E-state index contributed by atoms with van der Waals surface area (Å²) in [7, 11) is 0. The molecule has 0 aliphatic carbocycles. The third kappa shape index (κ3) is 5.33. The smallest absolute Gasteiger partial charge is 0.253 e. The van der Waals surface area contributed by atoms with Crippen LogP contribution in [0.5, 0.6) is 5.75 Å². The molecule has 37 heavy (non-hydrogen) atoms. The Morgan fingerprint density at radius 3 is 2.11 bits per heavy atom. The number of carbonyl (C=O) groups is 1. The Kier molecular flexibility index (Phi) is 7.43. The highest BCUT2D eigenvalue weighted by Crippen LogP contribution is 2.44. The van der Waals surface area contributed by atoms with Crippen molar-refractivity contribution in [1.29, 1.82) is 0 Å². The lowest BCUT2D eigenvalue weighted by atomic mass is 9.85. The van der Waals surface area contributed by atoms with Gasteiger partial charge in [-0.25, -0.2) is 4.39 Å². The number of phenols is 1. The van der Waals surface area contributed by atoms with E-state index in [0.29, 0.717) is 30.7 Å². The molecule has 0 aromatic heterocycles. The SMILES string of the molecule is CCN(CC)C(=O)c1ccc(C(=C2CC3CCC(C2)N3Cc2ccc(F)cc2)c2cccc(O)c2)cc1. The molecule has 5 heteroatoms. The molecule has 0 saturated carbocycles. The maximum atomic E-state index is 13.4. The van der Waals surface area contributed by atoms with Gasteiger partial charge in [0.25, 0.3) is 5.91 Å². The van der Waals surface area contributed by atoms with Crippen molar-refractivity contribution < 1.29 is 14.3 Å². The van der Waals surface area contributed by atoms with Crippen molar-refractivity contribution in [3.8, 4) is 5.75 Å². The molecular formula is C32H35FN2O2. The number of amides is 1. The van der Waals surface area contributed by atoms with Crippen molar-refractivity contribution >= 4 is 11.5 Å². The lowest BCUT2D eigenvalue weighted by Gasteiger charge is -2.37. The molecule has 192 valence electrons. The Labute approximate surface area is 219 Å². The van der Waals surface area contributed by atoms with Gasteiger partial charge in [-0.15, -0.1) is 0 Å². The average molecular weight is 499 g/mol. The van der Waals surface area contributed by atoms with E-state index < -0.39 is 0 Å². The molecular weight excluding hydrogens is 463 g/mol. The molecule has 2 aliphatic rings. The molecule has 4 nitrogen and oxygen atoms in total. The maximum Gasteiger partial charge on any atom is 0.253 e. The highest BCUT2D eigenvalue weighted by atomic mass is 19.1. The molecule has 2 atom stereocenters. The van der Waals surface area contributed by atoms with E-state index in [1.54, 1.807) is 18.2 Å². The highest BCUT2D eigenvalue weighted by molar-refractivity contribution is 5.95. The summed E-state index contributed by atoms with van der Waals surface area (Å²) >= 11 is 0. The molecule has 0 radical (unpaired) electrons. The van der Waals surface area contributed by atoms with Gasteiger partial charge in [0.05, 0.1) is 0 Å². The molecule has 2 aliphatic heterocycles. The van der Waals surface area contributed by atoms with Crippen LogP contribution in [0.25, 0.3) is 5.57 Å². The van der Waals surface area contributed by atoms with Crippen molar-refractivity contribution in [3.63, 3.8) is 0 Å². The van der Waals surface area contributed by atoms with Gasteiger partial charge in [-0.05, 0) is 98.2 Å². The second-order valence-electron chi connectivity index (χ2n) is 10.2. The highest BCUT2D eigenvalue weighted by Gasteiger charge is 2.39. The third-order valence-corrected chi connectivity index (χ3v) is 7.97. The summed E-state index contributed by atoms with van der Waals surface area (Å²) in [6.45, 7) is 6.21. The van der Waals surface area contributed by atoms with Crippen LogP contribution in [0.1, 0.15) is 66.6 Å². The van der Waals surface area contributed by atoms with Crippen LogP contribution in [-0.2, 0) is 6.54 Å². The van der Waals surface area contributed by atoms with Crippen LogP contribution in [0, 0.1) is 5.82 Å². The first-order valence-electron chi connectivity index (χ1n) is 13.4. The zero-order chi connectivity index (χ0) is 25.9. The summed E-state index contributed by atoms with van der Waals surface area (Å²) in [5, 5.41) is 10.3. The molecule has 2 saturated heterocycles. The number of hydrogen-bond donors (Lipinski definition) is 1. The minimum absolute atomic E-state index is 0.0512. The third-order valence-electron chi connectivity index (χ3n) is 7.97. The molecule has 3 aromatic carbocycles. The monoisotopic (exact) mass is 498 g/mol. The first-order valence-corrected chi connectivity index (χ1v) is 13.4. The number of nitrogens with zero attached hydrogens (tertiary/aromatic N) is 2. The van der Waals surface area contributed by atoms with Gasteiger partial charge in [-0.2, -0.15) is 0 Å². The van der Waals surface area contributed by atoms with E-state index in [9.17, 15) is 14.3 Å². The predicted octanol–water partition coefficient (Wildman–Crippen LogP) is 6.64. The van der Waals surface area contributed by atoms with E-state index in [1.807, 2.05) is 55.1 Å². The van der Waals surface area contributed by atoms with E-state index in [1.165, 1.54) is 5.57 Å². The number of rotatable bonds is 7. The van der Waals surface area contributed by atoms with Gasteiger partial charge in [0.15, 0.2) is 0 Å². The zero-order valence-corrected chi connectivity index (χ0v) is 21.7. The normalized spacial score (nSPS) is 19.2. The number of benzene rings is 3. The molecule has 1 N–H and O–H groups in total. The molecule has 1 amide bonds. The molecule has 3 aromatic rings. The van der Waals surface area contributed by atoms with Crippen LogP contribution in [-0.4, -0.2) is 46.0 Å². The Morgan fingerprint density at radius 2 is 1.51 bits per heavy atom. The summed E-state index contributed by atoms with van der Waals surface area (Å²) in [6.07, 6.45) is 4.23. The van der Waals surface area contributed by atoms with Crippen molar-refractivity contribution in [2.45, 2.75) is 58.2 Å². The molecule has 2 heterocycles. The molecule has 2 unspecified atom stereocenters. The largest absolute Gasteiger partial charge is 0.508 e. The topological polar surface area (TPSA) is 43.8 Å². The summed E-state index contributed by atoms with van der Waals surface area (Å²) < 4.78 is 13.4. The van der Waals surface area contributed by atoms with Gasteiger partial charge in [-0.1, -0.05) is 42.0 Å². The van der Waals surface area contributed by atoms with E-state index in [0.717, 1.165) is 54.5 Å². The Balaban J connectivity index is 1.47. The van der Waals surface area contributed by atoms with Crippen LogP contribution < -0.4 is 0 Å². The molecule has 2 bridgehead atoms. The van der Waals surface area contributed by atoms with Crippen molar-refractivity contribution in [2.24, 2.45) is 0 Å². The van der Waals surface area contributed by atoms with E-state index in [-0.39, 0.29) is 17.5 Å². The Bertz CT molecular complexity index is 1260. The number of fused-ring (bicyclic) bond motifs is 2. The number of phenolic OH excluding ortho intramolecular Hbond substituents is 1. The van der Waals surface area contributed by atoms with Gasteiger partial charge >= 0.3 is 0 Å². The lowest BCUT2D eigenvalue weighted by Crippen LogP contribution is -2.40.